The van der Waals surface area contributed by atoms with E-state index in [1.165, 1.54) is 12.1 Å². The number of phenolic OH excluding ortho intramolecular Hbond substituents is 1. The molecule has 1 heterocycles. The second-order valence-corrected chi connectivity index (χ2v) is 4.19. The number of hydrogen-bond donors (Lipinski definition) is 1. The molecule has 1 aromatic heterocycles. The largest absolute Gasteiger partial charge is 0.508 e. The second-order valence-electron chi connectivity index (χ2n) is 3.75. The molecule has 0 atom stereocenters. The van der Waals surface area contributed by atoms with Crippen LogP contribution < -0.4 is 5.43 Å². The topological polar surface area (TPSA) is 50.4 Å². The first kappa shape index (κ1) is 10.2. The Morgan fingerprint density at radius 2 is 1.82 bits per heavy atom. The predicted molar refractivity (Wildman–Crippen MR) is 66.7 cm³/mol. The molecule has 0 saturated carbocycles. The minimum absolute atomic E-state index is 0.0399. The van der Waals surface area contributed by atoms with Crippen molar-refractivity contribution in [3.05, 3.63) is 51.6 Å². The highest BCUT2D eigenvalue weighted by Gasteiger charge is 2.08. The summed E-state index contributed by atoms with van der Waals surface area (Å²) in [5.41, 5.74) is 0.706. The Labute approximate surface area is 101 Å². The Hall–Kier alpha value is -2.00. The molecule has 3 aromatic rings. The fraction of sp³-hybridized carbons (Fsp3) is 0. The van der Waals surface area contributed by atoms with Crippen molar-refractivity contribution < 1.29 is 9.52 Å². The molecule has 0 unspecified atom stereocenters. The summed E-state index contributed by atoms with van der Waals surface area (Å²) >= 11 is 5.85. The van der Waals surface area contributed by atoms with Gasteiger partial charge in [-0.1, -0.05) is 11.6 Å². The molecule has 0 spiro atoms. The lowest BCUT2D eigenvalue weighted by atomic mass is 10.1. The van der Waals surface area contributed by atoms with E-state index in [1.54, 1.807) is 24.3 Å². The summed E-state index contributed by atoms with van der Waals surface area (Å²) in [7, 11) is 0. The van der Waals surface area contributed by atoms with Crippen LogP contribution in [0.15, 0.2) is 45.6 Å². The van der Waals surface area contributed by atoms with Crippen molar-refractivity contribution in [2.75, 3.05) is 0 Å². The van der Waals surface area contributed by atoms with Gasteiger partial charge < -0.3 is 9.52 Å². The second kappa shape index (κ2) is 3.50. The molecule has 3 nitrogen and oxygen atoms in total. The molecular weight excluding hydrogens is 240 g/mol. The van der Waals surface area contributed by atoms with Crippen LogP contribution in [0.3, 0.4) is 0 Å². The van der Waals surface area contributed by atoms with E-state index in [9.17, 15) is 9.90 Å². The highest BCUT2D eigenvalue weighted by Crippen LogP contribution is 2.23. The van der Waals surface area contributed by atoms with Crippen molar-refractivity contribution in [2.24, 2.45) is 0 Å². The highest BCUT2D eigenvalue weighted by atomic mass is 35.5. The smallest absolute Gasteiger partial charge is 0.200 e. The third-order valence-corrected chi connectivity index (χ3v) is 2.85. The minimum Gasteiger partial charge on any atom is -0.508 e. The van der Waals surface area contributed by atoms with Crippen LogP contribution in [-0.2, 0) is 0 Å². The zero-order chi connectivity index (χ0) is 12.0. The van der Waals surface area contributed by atoms with Gasteiger partial charge in [-0.2, -0.15) is 0 Å². The lowest BCUT2D eigenvalue weighted by Crippen LogP contribution is -2.01. The van der Waals surface area contributed by atoms with E-state index < -0.39 is 0 Å². The first-order valence-electron chi connectivity index (χ1n) is 5.00. The summed E-state index contributed by atoms with van der Waals surface area (Å²) in [6.45, 7) is 0. The maximum atomic E-state index is 12.1. The van der Waals surface area contributed by atoms with Gasteiger partial charge >= 0.3 is 0 Å². The van der Waals surface area contributed by atoms with Crippen molar-refractivity contribution in [2.45, 2.75) is 0 Å². The van der Waals surface area contributed by atoms with E-state index in [4.69, 9.17) is 16.0 Å². The summed E-state index contributed by atoms with van der Waals surface area (Å²) in [4.78, 5) is 12.1. The van der Waals surface area contributed by atoms with Crippen molar-refractivity contribution in [1.82, 2.24) is 0 Å². The summed E-state index contributed by atoms with van der Waals surface area (Å²) in [6.07, 6.45) is 0. The van der Waals surface area contributed by atoms with Crippen LogP contribution in [0.25, 0.3) is 21.9 Å². The van der Waals surface area contributed by atoms with Gasteiger partial charge in [0.15, 0.2) is 0 Å². The number of rotatable bonds is 0. The van der Waals surface area contributed by atoms with Gasteiger partial charge in [0.25, 0.3) is 0 Å². The Kier molecular flexibility index (Phi) is 2.09. The summed E-state index contributed by atoms with van der Waals surface area (Å²) in [6, 6.07) is 9.29. The Morgan fingerprint density at radius 1 is 1.00 bits per heavy atom. The maximum Gasteiger partial charge on any atom is 0.200 e. The molecule has 0 amide bonds. The predicted octanol–water partition coefficient (Wildman–Crippen LogP) is 3.31. The van der Waals surface area contributed by atoms with Gasteiger partial charge in [0.05, 0.1) is 10.8 Å². The lowest BCUT2D eigenvalue weighted by Gasteiger charge is -2.01. The Balaban J connectivity index is 2.57. The molecule has 0 saturated heterocycles. The minimum atomic E-state index is -0.172. The van der Waals surface area contributed by atoms with E-state index in [0.717, 1.165) is 0 Å². The Morgan fingerprint density at radius 3 is 2.65 bits per heavy atom. The number of halogens is 1. The third-order valence-electron chi connectivity index (χ3n) is 2.62. The molecule has 1 N–H and O–H groups in total. The van der Waals surface area contributed by atoms with Gasteiger partial charge in [0, 0.05) is 11.1 Å². The average Bonchev–Trinajstić information content (AvgIpc) is 2.30. The van der Waals surface area contributed by atoms with E-state index in [-0.39, 0.29) is 11.2 Å². The normalized spacial score (nSPS) is 11.1. The van der Waals surface area contributed by atoms with Gasteiger partial charge in [0.2, 0.25) is 5.43 Å². The molecule has 17 heavy (non-hydrogen) atoms. The molecule has 84 valence electrons. The van der Waals surface area contributed by atoms with Crippen molar-refractivity contribution in [1.29, 1.82) is 0 Å². The molecule has 3 rings (SSSR count). The van der Waals surface area contributed by atoms with E-state index in [0.29, 0.717) is 27.0 Å². The Bertz CT molecular complexity index is 790. The number of benzene rings is 2. The van der Waals surface area contributed by atoms with E-state index in [1.807, 2.05) is 0 Å². The van der Waals surface area contributed by atoms with Gasteiger partial charge in [0.1, 0.15) is 16.9 Å². The summed E-state index contributed by atoms with van der Waals surface area (Å²) in [5, 5.41) is 10.7. The van der Waals surface area contributed by atoms with Crippen molar-refractivity contribution in [3.63, 3.8) is 0 Å². The molecule has 0 aliphatic carbocycles. The van der Waals surface area contributed by atoms with Crippen molar-refractivity contribution >= 4 is 33.5 Å². The van der Waals surface area contributed by atoms with E-state index in [2.05, 4.69) is 0 Å². The SMILES string of the molecule is O=c1c2ccc(Cl)cc2oc2ccc(O)cc12. The van der Waals surface area contributed by atoms with Gasteiger partial charge in [-0.15, -0.1) is 0 Å². The standard InChI is InChI=1S/C13H7ClO3/c14-7-1-3-9-12(5-7)17-11-4-2-8(15)6-10(11)13(9)16/h1-6,15H. The molecule has 0 fully saturated rings. The summed E-state index contributed by atoms with van der Waals surface area (Å²) < 4.78 is 5.57. The fourth-order valence-electron chi connectivity index (χ4n) is 1.82. The first-order valence-corrected chi connectivity index (χ1v) is 5.38. The number of aromatic hydroxyl groups is 1. The maximum absolute atomic E-state index is 12.1. The van der Waals surface area contributed by atoms with Gasteiger partial charge in [-0.25, -0.2) is 0 Å². The highest BCUT2D eigenvalue weighted by molar-refractivity contribution is 6.31. The van der Waals surface area contributed by atoms with Crippen LogP contribution in [0.1, 0.15) is 0 Å². The lowest BCUT2D eigenvalue weighted by molar-refractivity contribution is 0.475. The number of hydrogen-bond acceptors (Lipinski definition) is 3. The monoisotopic (exact) mass is 246 g/mol. The van der Waals surface area contributed by atoms with Crippen LogP contribution in [0, 0.1) is 0 Å². The van der Waals surface area contributed by atoms with Crippen LogP contribution in [0.4, 0.5) is 0 Å². The summed E-state index contributed by atoms with van der Waals surface area (Å²) in [5.74, 6) is 0.0399. The van der Waals surface area contributed by atoms with Crippen LogP contribution in [0.5, 0.6) is 5.75 Å². The quantitative estimate of drug-likeness (QED) is 0.619. The zero-order valence-corrected chi connectivity index (χ0v) is 9.36. The number of phenols is 1. The third kappa shape index (κ3) is 1.56. The van der Waals surface area contributed by atoms with Crippen molar-refractivity contribution in [3.8, 4) is 5.75 Å². The first-order chi connectivity index (χ1) is 8.15. The van der Waals surface area contributed by atoms with Gasteiger partial charge in [-0.3, -0.25) is 4.79 Å². The van der Waals surface area contributed by atoms with Crippen LogP contribution in [0.2, 0.25) is 5.02 Å². The fourth-order valence-corrected chi connectivity index (χ4v) is 1.98. The molecule has 0 aliphatic heterocycles. The molecule has 0 bridgehead atoms. The molecule has 4 heteroatoms. The zero-order valence-electron chi connectivity index (χ0n) is 8.61. The van der Waals surface area contributed by atoms with Crippen LogP contribution in [-0.4, -0.2) is 5.11 Å². The van der Waals surface area contributed by atoms with Gasteiger partial charge in [-0.05, 0) is 30.3 Å². The molecule has 0 aliphatic rings. The molecular formula is C13H7ClO3. The average molecular weight is 247 g/mol. The number of fused-ring (bicyclic) bond motifs is 2. The van der Waals surface area contributed by atoms with E-state index >= 15 is 0 Å². The van der Waals surface area contributed by atoms with Crippen LogP contribution >= 0.6 is 11.6 Å². The molecule has 0 radical (unpaired) electrons. The molecule has 2 aromatic carbocycles.